The number of nitrogens with zero attached hydrogens (tertiary/aromatic N) is 3. The maximum Gasteiger partial charge on any atom is 0.337 e. The third kappa shape index (κ3) is 4.91. The maximum atomic E-state index is 13.7. The van der Waals surface area contributed by atoms with Crippen molar-refractivity contribution >= 4 is 40.0 Å². The number of fused-ring (bicyclic) bond motifs is 1. The summed E-state index contributed by atoms with van der Waals surface area (Å²) in [7, 11) is 1.33. The fourth-order valence-electron chi connectivity index (χ4n) is 4.89. The van der Waals surface area contributed by atoms with Crippen LogP contribution in [0.1, 0.15) is 56.3 Å². The Morgan fingerprint density at radius 2 is 1.89 bits per heavy atom. The van der Waals surface area contributed by atoms with Crippen LogP contribution in [0.3, 0.4) is 0 Å². The number of thiazole rings is 1. The van der Waals surface area contributed by atoms with Gasteiger partial charge in [0.05, 0.1) is 28.1 Å². The highest BCUT2D eigenvalue weighted by atomic mass is 32.1. The van der Waals surface area contributed by atoms with Crippen molar-refractivity contribution in [2.24, 2.45) is 0 Å². The molecular weight excluding hydrogens is 493 g/mol. The van der Waals surface area contributed by atoms with Crippen molar-refractivity contribution in [1.29, 1.82) is 0 Å². The normalized spacial score (nSPS) is 15.6. The minimum absolute atomic E-state index is 0.126. The molecule has 190 valence electrons. The number of amides is 1. The molecule has 1 fully saturated rings. The monoisotopic (exact) mass is 519 g/mol. The van der Waals surface area contributed by atoms with E-state index < -0.39 is 5.97 Å². The quantitative estimate of drug-likeness (QED) is 0.315. The molecule has 1 aliphatic rings. The van der Waals surface area contributed by atoms with Gasteiger partial charge in [-0.25, -0.2) is 14.2 Å². The predicted molar refractivity (Wildman–Crippen MR) is 139 cm³/mol. The van der Waals surface area contributed by atoms with E-state index in [4.69, 9.17) is 4.74 Å². The standard InChI is InChI=1S/C28H26FN3O4S/c1-17-30-25(26(37-17)18-6-9-21(29)10-7-18)27(34)31-13-4-3-5-22(31)16-24(33)32-14-12-19-15-20(28(35)36-2)8-11-23(19)32/h6-12,14-15,22H,3-5,13,16H2,1-2H3. The molecule has 3 heterocycles. The highest BCUT2D eigenvalue weighted by molar-refractivity contribution is 7.15. The van der Waals surface area contributed by atoms with E-state index >= 15 is 0 Å². The largest absolute Gasteiger partial charge is 0.465 e. The van der Waals surface area contributed by atoms with Gasteiger partial charge < -0.3 is 9.64 Å². The smallest absolute Gasteiger partial charge is 0.337 e. The summed E-state index contributed by atoms with van der Waals surface area (Å²) in [5.41, 5.74) is 2.19. The second-order valence-electron chi connectivity index (χ2n) is 9.11. The molecule has 0 bridgehead atoms. The topological polar surface area (TPSA) is 81.5 Å². The minimum atomic E-state index is -0.436. The van der Waals surface area contributed by atoms with Crippen LogP contribution >= 0.6 is 11.3 Å². The Morgan fingerprint density at radius 3 is 2.65 bits per heavy atom. The van der Waals surface area contributed by atoms with Crippen molar-refractivity contribution in [2.45, 2.75) is 38.6 Å². The van der Waals surface area contributed by atoms with E-state index in [-0.39, 0.29) is 30.1 Å². The van der Waals surface area contributed by atoms with Gasteiger partial charge in [-0.1, -0.05) is 12.1 Å². The number of rotatable bonds is 5. The number of aryl methyl sites for hydroxylation is 1. The van der Waals surface area contributed by atoms with Crippen LogP contribution in [0.5, 0.6) is 0 Å². The lowest BCUT2D eigenvalue weighted by molar-refractivity contribution is 0.0568. The summed E-state index contributed by atoms with van der Waals surface area (Å²) in [6.45, 7) is 2.39. The van der Waals surface area contributed by atoms with Crippen LogP contribution in [-0.4, -0.2) is 51.9 Å². The SMILES string of the molecule is COC(=O)c1ccc2c(ccn2C(=O)CC2CCCCN2C(=O)c2nc(C)sc2-c2ccc(F)cc2)c1. The molecule has 0 radical (unpaired) electrons. The van der Waals surface area contributed by atoms with Crippen molar-refractivity contribution in [3.63, 3.8) is 0 Å². The molecule has 0 N–H and O–H groups in total. The molecular formula is C28H26FN3O4S. The zero-order valence-corrected chi connectivity index (χ0v) is 21.4. The van der Waals surface area contributed by atoms with Gasteiger partial charge in [0.25, 0.3) is 5.91 Å². The lowest BCUT2D eigenvalue weighted by Crippen LogP contribution is -2.45. The molecule has 7 nitrogen and oxygen atoms in total. The Bertz CT molecular complexity index is 1490. The van der Waals surface area contributed by atoms with E-state index in [1.165, 1.54) is 30.6 Å². The van der Waals surface area contributed by atoms with E-state index in [0.29, 0.717) is 28.2 Å². The summed E-state index contributed by atoms with van der Waals surface area (Å²) in [6, 6.07) is 12.6. The van der Waals surface area contributed by atoms with Crippen molar-refractivity contribution in [2.75, 3.05) is 13.7 Å². The number of carbonyl (C=O) groups is 3. The zero-order valence-electron chi connectivity index (χ0n) is 20.6. The molecule has 0 aliphatic carbocycles. The van der Waals surface area contributed by atoms with Gasteiger partial charge in [0.2, 0.25) is 5.91 Å². The van der Waals surface area contributed by atoms with Gasteiger partial charge in [0.1, 0.15) is 11.5 Å². The van der Waals surface area contributed by atoms with Crippen LogP contribution in [0.25, 0.3) is 21.3 Å². The summed E-state index contributed by atoms with van der Waals surface area (Å²) in [4.78, 5) is 46.0. The summed E-state index contributed by atoms with van der Waals surface area (Å²) in [5.74, 6) is -1.11. The Kier molecular flexibility index (Phi) is 6.88. The molecule has 2 aromatic carbocycles. The van der Waals surface area contributed by atoms with Gasteiger partial charge in [-0.2, -0.15) is 0 Å². The molecule has 4 aromatic rings. The van der Waals surface area contributed by atoms with Crippen LogP contribution < -0.4 is 0 Å². The summed E-state index contributed by atoms with van der Waals surface area (Å²) in [5, 5.41) is 1.51. The van der Waals surface area contributed by atoms with Gasteiger partial charge in [-0.05, 0) is 68.1 Å². The molecule has 0 spiro atoms. The molecule has 0 saturated carbocycles. The summed E-state index contributed by atoms with van der Waals surface area (Å²) in [6.07, 6.45) is 4.37. The number of likely N-dealkylation sites (tertiary alicyclic amines) is 1. The number of aromatic nitrogens is 2. The lowest BCUT2D eigenvalue weighted by atomic mass is 9.98. The second kappa shape index (κ2) is 10.3. The average molecular weight is 520 g/mol. The number of methoxy groups -OCH3 is 1. The fourth-order valence-corrected chi connectivity index (χ4v) is 5.81. The second-order valence-corrected chi connectivity index (χ2v) is 10.3. The zero-order chi connectivity index (χ0) is 26.1. The Hall–Kier alpha value is -3.85. The van der Waals surface area contributed by atoms with Crippen molar-refractivity contribution < 1.29 is 23.5 Å². The van der Waals surface area contributed by atoms with Crippen LogP contribution in [0, 0.1) is 12.7 Å². The molecule has 2 aromatic heterocycles. The van der Waals surface area contributed by atoms with Crippen molar-refractivity contribution in [3.8, 4) is 10.4 Å². The Balaban J connectivity index is 1.39. The molecule has 1 unspecified atom stereocenters. The third-order valence-electron chi connectivity index (χ3n) is 6.72. The predicted octanol–water partition coefficient (Wildman–Crippen LogP) is 5.72. The molecule has 1 aliphatic heterocycles. The average Bonchev–Trinajstić information content (AvgIpc) is 3.51. The first-order chi connectivity index (χ1) is 17.9. The molecule has 1 atom stereocenters. The molecule has 1 saturated heterocycles. The Labute approximate surface area is 217 Å². The van der Waals surface area contributed by atoms with Gasteiger partial charge in [0.15, 0.2) is 0 Å². The summed E-state index contributed by atoms with van der Waals surface area (Å²) < 4.78 is 19.8. The molecule has 5 rings (SSSR count). The van der Waals surface area contributed by atoms with E-state index in [0.717, 1.165) is 35.2 Å². The first-order valence-electron chi connectivity index (χ1n) is 12.1. The fraction of sp³-hybridized carbons (Fsp3) is 0.286. The number of halogens is 1. The van der Waals surface area contributed by atoms with E-state index in [9.17, 15) is 18.8 Å². The number of piperidine rings is 1. The van der Waals surface area contributed by atoms with Gasteiger partial charge in [0, 0.05) is 30.6 Å². The third-order valence-corrected chi connectivity index (χ3v) is 7.74. The van der Waals surface area contributed by atoms with E-state index in [1.807, 2.05) is 6.92 Å². The van der Waals surface area contributed by atoms with Crippen LogP contribution in [0.2, 0.25) is 0 Å². The Morgan fingerprint density at radius 1 is 1.11 bits per heavy atom. The van der Waals surface area contributed by atoms with Gasteiger partial charge >= 0.3 is 5.97 Å². The first kappa shape index (κ1) is 24.8. The van der Waals surface area contributed by atoms with Crippen molar-refractivity contribution in [1.82, 2.24) is 14.5 Å². The molecule has 9 heteroatoms. The van der Waals surface area contributed by atoms with Gasteiger partial charge in [-0.3, -0.25) is 14.2 Å². The summed E-state index contributed by atoms with van der Waals surface area (Å²) >= 11 is 1.40. The number of hydrogen-bond acceptors (Lipinski definition) is 6. The lowest BCUT2D eigenvalue weighted by Gasteiger charge is -2.35. The number of hydrogen-bond donors (Lipinski definition) is 0. The van der Waals surface area contributed by atoms with E-state index in [2.05, 4.69) is 4.98 Å². The number of ether oxygens (including phenoxy) is 1. The first-order valence-corrected chi connectivity index (χ1v) is 12.9. The minimum Gasteiger partial charge on any atom is -0.465 e. The number of carbonyl (C=O) groups excluding carboxylic acids is 3. The highest BCUT2D eigenvalue weighted by Gasteiger charge is 2.32. The maximum absolute atomic E-state index is 13.7. The van der Waals surface area contributed by atoms with Crippen LogP contribution in [-0.2, 0) is 4.74 Å². The highest BCUT2D eigenvalue weighted by Crippen LogP contribution is 2.33. The molecule has 37 heavy (non-hydrogen) atoms. The number of benzene rings is 2. The van der Waals surface area contributed by atoms with E-state index in [1.54, 1.807) is 52.1 Å². The van der Waals surface area contributed by atoms with Crippen LogP contribution in [0.4, 0.5) is 4.39 Å². The van der Waals surface area contributed by atoms with Crippen molar-refractivity contribution in [3.05, 3.63) is 76.8 Å². The van der Waals surface area contributed by atoms with Gasteiger partial charge in [-0.15, -0.1) is 11.3 Å². The van der Waals surface area contributed by atoms with Crippen LogP contribution in [0.15, 0.2) is 54.7 Å². The number of esters is 1. The molecule has 1 amide bonds.